The van der Waals surface area contributed by atoms with Gasteiger partial charge in [-0.05, 0) is 13.3 Å². The van der Waals surface area contributed by atoms with Crippen LogP contribution < -0.4 is 11.1 Å². The van der Waals surface area contributed by atoms with Crippen LogP contribution in [-0.2, 0) is 4.74 Å². The Morgan fingerprint density at radius 3 is 2.88 bits per heavy atom. The smallest absolute Gasteiger partial charge is 0.144 e. The maximum absolute atomic E-state index is 5.41. The molecule has 0 aliphatic rings. The van der Waals surface area contributed by atoms with E-state index in [2.05, 4.69) is 15.3 Å². The fourth-order valence-corrected chi connectivity index (χ4v) is 1.19. The van der Waals surface area contributed by atoms with E-state index < -0.39 is 0 Å². The summed E-state index contributed by atoms with van der Waals surface area (Å²) in [6.45, 7) is 4.29. The van der Waals surface area contributed by atoms with E-state index in [-0.39, 0.29) is 4.99 Å². The van der Waals surface area contributed by atoms with Crippen LogP contribution in [0, 0.1) is 0 Å². The van der Waals surface area contributed by atoms with Crippen molar-refractivity contribution in [1.29, 1.82) is 0 Å². The highest BCUT2D eigenvalue weighted by molar-refractivity contribution is 7.80. The number of nitrogens with two attached hydrogens (primary N) is 1. The molecule has 0 saturated heterocycles. The third-order valence-electron chi connectivity index (χ3n) is 1.88. The van der Waals surface area contributed by atoms with Crippen molar-refractivity contribution in [2.45, 2.75) is 13.3 Å². The standard InChI is InChI=1S/C10H16N4OS/c1-2-15-5-3-4-12-9-7-13-8(6-14-9)10(11)16/h6-7H,2-5H2,1H3,(H2,11,16)(H,12,14). The second-order valence-electron chi connectivity index (χ2n) is 3.13. The van der Waals surface area contributed by atoms with Crippen molar-refractivity contribution in [3.05, 3.63) is 18.1 Å². The summed E-state index contributed by atoms with van der Waals surface area (Å²) in [6, 6.07) is 0. The first-order valence-corrected chi connectivity index (χ1v) is 5.58. The van der Waals surface area contributed by atoms with Crippen LogP contribution in [0.1, 0.15) is 19.0 Å². The summed E-state index contributed by atoms with van der Waals surface area (Å²) in [7, 11) is 0. The first-order valence-electron chi connectivity index (χ1n) is 5.17. The molecule has 0 spiro atoms. The minimum atomic E-state index is 0.260. The summed E-state index contributed by atoms with van der Waals surface area (Å²) in [4.78, 5) is 8.47. The average Bonchev–Trinajstić information content (AvgIpc) is 2.29. The molecule has 0 aromatic carbocycles. The SMILES string of the molecule is CCOCCCNc1cnc(C(N)=S)cn1. The Morgan fingerprint density at radius 2 is 2.31 bits per heavy atom. The monoisotopic (exact) mass is 240 g/mol. The van der Waals surface area contributed by atoms with Crippen LogP contribution in [-0.4, -0.2) is 34.7 Å². The van der Waals surface area contributed by atoms with Crippen LogP contribution in [0.4, 0.5) is 5.82 Å². The lowest BCUT2D eigenvalue weighted by molar-refractivity contribution is 0.147. The van der Waals surface area contributed by atoms with Gasteiger partial charge in [0.05, 0.1) is 12.4 Å². The van der Waals surface area contributed by atoms with Crippen molar-refractivity contribution >= 4 is 23.0 Å². The quantitative estimate of drug-likeness (QED) is 0.546. The number of anilines is 1. The predicted molar refractivity (Wildman–Crippen MR) is 67.5 cm³/mol. The first-order chi connectivity index (χ1) is 7.74. The molecule has 88 valence electrons. The number of nitrogens with one attached hydrogen (secondary N) is 1. The molecule has 0 atom stereocenters. The number of ether oxygens (including phenoxy) is 1. The predicted octanol–water partition coefficient (Wildman–Crippen LogP) is 0.949. The summed E-state index contributed by atoms with van der Waals surface area (Å²) in [5.74, 6) is 0.719. The molecule has 1 aromatic heterocycles. The molecule has 1 rings (SSSR count). The molecule has 1 aromatic rings. The van der Waals surface area contributed by atoms with E-state index in [9.17, 15) is 0 Å². The summed E-state index contributed by atoms with van der Waals surface area (Å²) in [6.07, 6.45) is 4.12. The van der Waals surface area contributed by atoms with Gasteiger partial charge in [0.25, 0.3) is 0 Å². The Hall–Kier alpha value is -1.27. The zero-order chi connectivity index (χ0) is 11.8. The zero-order valence-corrected chi connectivity index (χ0v) is 10.1. The molecule has 3 N–H and O–H groups in total. The van der Waals surface area contributed by atoms with Crippen molar-refractivity contribution in [3.63, 3.8) is 0 Å². The lowest BCUT2D eigenvalue weighted by Crippen LogP contribution is -2.13. The molecule has 0 unspecified atom stereocenters. The number of thiocarbonyl (C=S) groups is 1. The number of nitrogens with zero attached hydrogens (tertiary/aromatic N) is 2. The molecule has 1 heterocycles. The normalized spacial score (nSPS) is 10.1. The minimum Gasteiger partial charge on any atom is -0.388 e. The van der Waals surface area contributed by atoms with Crippen molar-refractivity contribution in [2.75, 3.05) is 25.1 Å². The highest BCUT2D eigenvalue weighted by Crippen LogP contribution is 2.00. The number of aromatic nitrogens is 2. The lowest BCUT2D eigenvalue weighted by atomic mass is 10.4. The summed E-state index contributed by atoms with van der Waals surface area (Å²) in [5.41, 5.74) is 5.95. The van der Waals surface area contributed by atoms with Gasteiger partial charge >= 0.3 is 0 Å². The van der Waals surface area contributed by atoms with Crippen LogP contribution in [0.2, 0.25) is 0 Å². The molecular formula is C10H16N4OS. The molecule has 0 amide bonds. The largest absolute Gasteiger partial charge is 0.388 e. The number of hydrogen-bond donors (Lipinski definition) is 2. The van der Waals surface area contributed by atoms with Gasteiger partial charge in [-0.3, -0.25) is 0 Å². The maximum Gasteiger partial charge on any atom is 0.144 e. The van der Waals surface area contributed by atoms with Gasteiger partial charge in [-0.1, -0.05) is 12.2 Å². The highest BCUT2D eigenvalue weighted by atomic mass is 32.1. The summed E-state index contributed by atoms with van der Waals surface area (Å²) >= 11 is 4.78. The second-order valence-corrected chi connectivity index (χ2v) is 3.57. The van der Waals surface area contributed by atoms with Crippen molar-refractivity contribution in [1.82, 2.24) is 9.97 Å². The first kappa shape index (κ1) is 12.8. The van der Waals surface area contributed by atoms with Gasteiger partial charge in [-0.25, -0.2) is 9.97 Å². The molecular weight excluding hydrogens is 224 g/mol. The molecule has 0 saturated carbocycles. The van der Waals surface area contributed by atoms with Crippen molar-refractivity contribution in [3.8, 4) is 0 Å². The van der Waals surface area contributed by atoms with E-state index in [4.69, 9.17) is 22.7 Å². The van der Waals surface area contributed by atoms with E-state index in [0.717, 1.165) is 32.0 Å². The highest BCUT2D eigenvalue weighted by Gasteiger charge is 1.98. The van der Waals surface area contributed by atoms with Gasteiger partial charge in [-0.15, -0.1) is 0 Å². The Balaban J connectivity index is 2.29. The zero-order valence-electron chi connectivity index (χ0n) is 9.27. The van der Waals surface area contributed by atoms with Gasteiger partial charge in [0, 0.05) is 19.8 Å². The fourth-order valence-electron chi connectivity index (χ4n) is 1.08. The van der Waals surface area contributed by atoms with Gasteiger partial charge in [-0.2, -0.15) is 0 Å². The molecule has 0 fully saturated rings. The molecule has 0 aliphatic carbocycles. The molecule has 0 radical (unpaired) electrons. The van der Waals surface area contributed by atoms with Gasteiger partial charge < -0.3 is 15.8 Å². The van der Waals surface area contributed by atoms with Gasteiger partial charge in [0.2, 0.25) is 0 Å². The van der Waals surface area contributed by atoms with E-state index in [1.54, 1.807) is 12.4 Å². The third kappa shape index (κ3) is 4.50. The van der Waals surface area contributed by atoms with Crippen LogP contribution in [0.3, 0.4) is 0 Å². The fraction of sp³-hybridized carbons (Fsp3) is 0.500. The van der Waals surface area contributed by atoms with Crippen LogP contribution in [0.25, 0.3) is 0 Å². The maximum atomic E-state index is 5.41. The minimum absolute atomic E-state index is 0.260. The topological polar surface area (TPSA) is 73.1 Å². The Morgan fingerprint density at radius 1 is 1.50 bits per heavy atom. The van der Waals surface area contributed by atoms with E-state index in [0.29, 0.717) is 5.69 Å². The van der Waals surface area contributed by atoms with E-state index >= 15 is 0 Å². The Labute approximate surface area is 100 Å². The van der Waals surface area contributed by atoms with E-state index in [1.807, 2.05) is 6.92 Å². The lowest BCUT2D eigenvalue weighted by Gasteiger charge is -2.05. The van der Waals surface area contributed by atoms with E-state index in [1.165, 1.54) is 0 Å². The van der Waals surface area contributed by atoms with Crippen LogP contribution in [0.5, 0.6) is 0 Å². The average molecular weight is 240 g/mol. The second kappa shape index (κ2) is 7.08. The molecule has 16 heavy (non-hydrogen) atoms. The molecule has 6 heteroatoms. The number of hydrogen-bond acceptors (Lipinski definition) is 5. The van der Waals surface area contributed by atoms with Gasteiger partial charge in [0.1, 0.15) is 16.5 Å². The Kier molecular flexibility index (Phi) is 5.66. The van der Waals surface area contributed by atoms with Crippen molar-refractivity contribution < 1.29 is 4.74 Å². The summed E-state index contributed by atoms with van der Waals surface area (Å²) in [5, 5.41) is 3.13. The van der Waals surface area contributed by atoms with Crippen LogP contribution >= 0.6 is 12.2 Å². The Bertz CT molecular complexity index is 328. The summed E-state index contributed by atoms with van der Waals surface area (Å²) < 4.78 is 5.21. The molecule has 5 nitrogen and oxygen atoms in total. The molecule has 0 bridgehead atoms. The van der Waals surface area contributed by atoms with Gasteiger partial charge in [0.15, 0.2) is 0 Å². The number of rotatable bonds is 7. The van der Waals surface area contributed by atoms with Crippen molar-refractivity contribution in [2.24, 2.45) is 5.73 Å². The molecule has 0 aliphatic heterocycles. The third-order valence-corrected chi connectivity index (χ3v) is 2.09. The van der Waals surface area contributed by atoms with Crippen LogP contribution in [0.15, 0.2) is 12.4 Å².